The number of nitrogens with zero attached hydrogens (tertiary/aromatic N) is 2. The Bertz CT molecular complexity index is 522. The van der Waals surface area contributed by atoms with Gasteiger partial charge in [-0.15, -0.1) is 0 Å². The van der Waals surface area contributed by atoms with Crippen molar-refractivity contribution in [3.05, 3.63) is 34.3 Å². The Labute approximate surface area is 148 Å². The van der Waals surface area contributed by atoms with Gasteiger partial charge in [-0.1, -0.05) is 41.9 Å². The van der Waals surface area contributed by atoms with Crippen molar-refractivity contribution in [2.45, 2.75) is 25.7 Å². The third-order valence-electron chi connectivity index (χ3n) is 4.44. The molecule has 1 atom stereocenters. The van der Waals surface area contributed by atoms with E-state index in [4.69, 9.17) is 4.74 Å². The molecule has 1 unspecified atom stereocenters. The lowest BCUT2D eigenvalue weighted by molar-refractivity contribution is 0.181. The zero-order valence-electron chi connectivity index (χ0n) is 14.6. The Morgan fingerprint density at radius 1 is 1.39 bits per heavy atom. The van der Waals surface area contributed by atoms with E-state index in [-0.39, 0.29) is 5.41 Å². The van der Waals surface area contributed by atoms with Crippen LogP contribution < -0.4 is 5.32 Å². The Kier molecular flexibility index (Phi) is 6.48. The topological polar surface area (TPSA) is 36.9 Å². The van der Waals surface area contributed by atoms with Crippen LogP contribution in [0.1, 0.15) is 25.8 Å². The zero-order valence-corrected chi connectivity index (χ0v) is 16.2. The molecule has 0 saturated carbocycles. The fraction of sp³-hybridized carbons (Fsp3) is 0.611. The number of benzene rings is 1. The highest BCUT2D eigenvalue weighted by molar-refractivity contribution is 9.10. The number of guanidine groups is 1. The predicted octanol–water partition coefficient (Wildman–Crippen LogP) is 3.27. The quantitative estimate of drug-likeness (QED) is 0.627. The average Bonchev–Trinajstić information content (AvgIpc) is 3.01. The molecule has 0 bridgehead atoms. The SMILES string of the molecule is CN=C(NCC(C)(C)c1ccc(Br)cc1)N(C)CC1CCOC1. The van der Waals surface area contributed by atoms with Gasteiger partial charge in [0.1, 0.15) is 0 Å². The molecule has 0 radical (unpaired) electrons. The summed E-state index contributed by atoms with van der Waals surface area (Å²) >= 11 is 3.49. The van der Waals surface area contributed by atoms with Gasteiger partial charge in [-0.2, -0.15) is 0 Å². The van der Waals surface area contributed by atoms with Crippen LogP contribution in [-0.2, 0) is 10.2 Å². The van der Waals surface area contributed by atoms with E-state index in [9.17, 15) is 0 Å². The molecule has 0 spiro atoms. The fourth-order valence-corrected chi connectivity index (χ4v) is 3.15. The van der Waals surface area contributed by atoms with Crippen molar-refractivity contribution >= 4 is 21.9 Å². The summed E-state index contributed by atoms with van der Waals surface area (Å²) in [6.07, 6.45) is 1.14. The summed E-state index contributed by atoms with van der Waals surface area (Å²) in [5.41, 5.74) is 1.35. The molecule has 5 heteroatoms. The molecular weight excluding hydrogens is 354 g/mol. The van der Waals surface area contributed by atoms with E-state index in [0.29, 0.717) is 5.92 Å². The highest BCUT2D eigenvalue weighted by Gasteiger charge is 2.23. The molecule has 128 valence electrons. The van der Waals surface area contributed by atoms with E-state index < -0.39 is 0 Å². The third kappa shape index (κ3) is 5.21. The standard InChI is InChI=1S/C18H28BrN3O/c1-18(2,15-5-7-16(19)8-6-15)13-21-17(20-3)22(4)11-14-9-10-23-12-14/h5-8,14H,9-13H2,1-4H3,(H,20,21). The van der Waals surface area contributed by atoms with Gasteiger partial charge in [0.15, 0.2) is 5.96 Å². The van der Waals surface area contributed by atoms with E-state index >= 15 is 0 Å². The predicted molar refractivity (Wildman–Crippen MR) is 100 cm³/mol. The van der Waals surface area contributed by atoms with Crippen molar-refractivity contribution in [3.63, 3.8) is 0 Å². The maximum Gasteiger partial charge on any atom is 0.193 e. The number of rotatable bonds is 5. The van der Waals surface area contributed by atoms with Gasteiger partial charge >= 0.3 is 0 Å². The summed E-state index contributed by atoms with van der Waals surface area (Å²) < 4.78 is 6.57. The molecule has 0 aromatic heterocycles. The first-order valence-corrected chi connectivity index (χ1v) is 8.97. The zero-order chi connectivity index (χ0) is 16.9. The molecule has 1 aliphatic heterocycles. The molecule has 1 aromatic carbocycles. The van der Waals surface area contributed by atoms with Crippen molar-refractivity contribution in [2.24, 2.45) is 10.9 Å². The van der Waals surface area contributed by atoms with Crippen molar-refractivity contribution in [3.8, 4) is 0 Å². The second kappa shape index (κ2) is 8.15. The first kappa shape index (κ1) is 18.3. The van der Waals surface area contributed by atoms with E-state index in [0.717, 1.165) is 43.2 Å². The first-order chi connectivity index (χ1) is 10.9. The molecular formula is C18H28BrN3O. The maximum atomic E-state index is 5.46. The molecule has 2 rings (SSSR count). The van der Waals surface area contributed by atoms with Crippen LogP contribution in [0, 0.1) is 5.92 Å². The van der Waals surface area contributed by atoms with Crippen LogP contribution >= 0.6 is 15.9 Å². The van der Waals surface area contributed by atoms with E-state index in [2.05, 4.69) is 76.3 Å². The van der Waals surface area contributed by atoms with Crippen LogP contribution in [0.25, 0.3) is 0 Å². The number of hydrogen-bond acceptors (Lipinski definition) is 2. The van der Waals surface area contributed by atoms with E-state index in [1.165, 1.54) is 5.56 Å². The Morgan fingerprint density at radius 3 is 2.65 bits per heavy atom. The summed E-state index contributed by atoms with van der Waals surface area (Å²) in [5, 5.41) is 3.52. The third-order valence-corrected chi connectivity index (χ3v) is 4.97. The highest BCUT2D eigenvalue weighted by Crippen LogP contribution is 2.24. The number of halogens is 1. The van der Waals surface area contributed by atoms with Crippen LogP contribution in [0.3, 0.4) is 0 Å². The average molecular weight is 382 g/mol. The number of ether oxygens (including phenoxy) is 1. The van der Waals surface area contributed by atoms with Gasteiger partial charge in [-0.3, -0.25) is 4.99 Å². The van der Waals surface area contributed by atoms with Crippen LogP contribution in [0.4, 0.5) is 0 Å². The van der Waals surface area contributed by atoms with Gasteiger partial charge in [0.05, 0.1) is 6.61 Å². The van der Waals surface area contributed by atoms with Gasteiger partial charge in [-0.25, -0.2) is 0 Å². The minimum atomic E-state index is 0.0357. The molecule has 1 heterocycles. The number of hydrogen-bond donors (Lipinski definition) is 1. The minimum Gasteiger partial charge on any atom is -0.381 e. The molecule has 1 aliphatic rings. The molecule has 23 heavy (non-hydrogen) atoms. The van der Waals surface area contributed by atoms with Crippen LogP contribution in [0.15, 0.2) is 33.7 Å². The van der Waals surface area contributed by atoms with Crippen molar-refractivity contribution in [1.82, 2.24) is 10.2 Å². The summed E-state index contributed by atoms with van der Waals surface area (Å²) in [6, 6.07) is 8.54. The fourth-order valence-electron chi connectivity index (χ4n) is 2.89. The Balaban J connectivity index is 1.92. The second-order valence-electron chi connectivity index (χ2n) is 6.90. The molecule has 1 fully saturated rings. The molecule has 1 N–H and O–H groups in total. The highest BCUT2D eigenvalue weighted by atomic mass is 79.9. The molecule has 4 nitrogen and oxygen atoms in total. The molecule has 0 aliphatic carbocycles. The van der Waals surface area contributed by atoms with Gasteiger partial charge in [-0.05, 0) is 24.1 Å². The summed E-state index contributed by atoms with van der Waals surface area (Å²) in [7, 11) is 3.94. The molecule has 1 saturated heterocycles. The smallest absolute Gasteiger partial charge is 0.193 e. The lowest BCUT2D eigenvalue weighted by Crippen LogP contribution is -2.45. The maximum absolute atomic E-state index is 5.46. The number of nitrogens with one attached hydrogen (secondary N) is 1. The summed E-state index contributed by atoms with van der Waals surface area (Å²) in [5.74, 6) is 1.56. The van der Waals surface area contributed by atoms with E-state index in [1.807, 2.05) is 7.05 Å². The lowest BCUT2D eigenvalue weighted by atomic mass is 9.85. The van der Waals surface area contributed by atoms with Crippen LogP contribution in [0.2, 0.25) is 0 Å². The summed E-state index contributed by atoms with van der Waals surface area (Å²) in [6.45, 7) is 8.08. The Hall–Kier alpha value is -1.07. The molecule has 0 amide bonds. The van der Waals surface area contributed by atoms with Crippen molar-refractivity contribution in [1.29, 1.82) is 0 Å². The largest absolute Gasteiger partial charge is 0.381 e. The van der Waals surface area contributed by atoms with Gasteiger partial charge in [0.25, 0.3) is 0 Å². The van der Waals surface area contributed by atoms with E-state index in [1.54, 1.807) is 0 Å². The van der Waals surface area contributed by atoms with Crippen molar-refractivity contribution in [2.75, 3.05) is 40.4 Å². The minimum absolute atomic E-state index is 0.0357. The normalized spacial score (nSPS) is 19.0. The lowest BCUT2D eigenvalue weighted by Gasteiger charge is -2.30. The number of aliphatic imine (C=N–C) groups is 1. The summed E-state index contributed by atoms with van der Waals surface area (Å²) in [4.78, 5) is 6.63. The first-order valence-electron chi connectivity index (χ1n) is 8.18. The van der Waals surface area contributed by atoms with Crippen LogP contribution in [0.5, 0.6) is 0 Å². The monoisotopic (exact) mass is 381 g/mol. The van der Waals surface area contributed by atoms with Gasteiger partial charge in [0, 0.05) is 49.6 Å². The van der Waals surface area contributed by atoms with Gasteiger partial charge in [0.2, 0.25) is 0 Å². The Morgan fingerprint density at radius 2 is 2.09 bits per heavy atom. The van der Waals surface area contributed by atoms with Crippen molar-refractivity contribution < 1.29 is 4.74 Å². The van der Waals surface area contributed by atoms with Crippen LogP contribution in [-0.4, -0.2) is 51.3 Å². The second-order valence-corrected chi connectivity index (χ2v) is 7.82. The van der Waals surface area contributed by atoms with Gasteiger partial charge < -0.3 is 15.0 Å². The molecule has 1 aromatic rings.